The van der Waals surface area contributed by atoms with Gasteiger partial charge in [-0.1, -0.05) is 30.5 Å². The molecule has 12 nitrogen and oxygen atoms in total. The molecule has 3 N–H and O–H groups in total. The Bertz CT molecular complexity index is 2030. The van der Waals surface area contributed by atoms with Gasteiger partial charge in [-0.15, -0.1) is 0 Å². The highest BCUT2D eigenvalue weighted by atomic mass is 35.5. The fraction of sp³-hybridized carbons (Fsp3) is 0.439. The van der Waals surface area contributed by atoms with Gasteiger partial charge >= 0.3 is 5.97 Å². The monoisotopic (exact) mass is 753 g/mol. The van der Waals surface area contributed by atoms with Gasteiger partial charge in [-0.2, -0.15) is 0 Å². The normalized spacial score (nSPS) is 17.2. The average Bonchev–Trinajstić information content (AvgIpc) is 3.94. The van der Waals surface area contributed by atoms with Gasteiger partial charge in [0, 0.05) is 78.9 Å². The molecule has 13 heteroatoms. The summed E-state index contributed by atoms with van der Waals surface area (Å²) in [5.41, 5.74) is 6.95. The SMILES string of the molecule is CCOc1cc(NC(=O)C2(NC(=O)c3ccc4c(C5CCCC5)c(-c5ncc(Cl)cn5)n(C)c4c3)CCC2)ccc1/C=C/C(=O)OCCNN1CCCC1. The number of carbonyl (C=O) groups excluding carboxylic acids is 3. The number of rotatable bonds is 14. The number of hydrogen-bond acceptors (Lipinski definition) is 9. The molecule has 2 aromatic heterocycles. The van der Waals surface area contributed by atoms with Gasteiger partial charge in [0.1, 0.15) is 17.9 Å². The number of fused-ring (bicyclic) bond motifs is 1. The van der Waals surface area contributed by atoms with Crippen LogP contribution in [0.15, 0.2) is 54.9 Å². The first kappa shape index (κ1) is 37.5. The van der Waals surface area contributed by atoms with E-state index in [1.807, 2.05) is 32.2 Å². The first-order chi connectivity index (χ1) is 26.2. The Balaban J connectivity index is 1.03. The summed E-state index contributed by atoms with van der Waals surface area (Å²) in [6.45, 7) is 5.11. The molecule has 0 unspecified atom stereocenters. The number of amides is 2. The standard InChI is InChI=1S/C41H48ClN7O5/c1-3-53-34-24-31(14-11-27(34)13-16-35(50)54-22-19-45-49-20-6-7-21-49)46-40(52)41(17-8-18-41)47-39(51)29-12-15-32-33(23-29)48(2)37(36(32)28-9-4-5-10-28)38-43-25-30(42)26-44-38/h11-16,23-26,28,45H,3-10,17-22H2,1-2H3,(H,46,52)(H,47,51)/b16-13+. The number of carbonyl (C=O) groups is 3. The van der Waals surface area contributed by atoms with Crippen LogP contribution in [0, 0.1) is 0 Å². The molecule has 2 aromatic carbocycles. The molecule has 54 heavy (non-hydrogen) atoms. The highest BCUT2D eigenvalue weighted by Gasteiger charge is 2.45. The summed E-state index contributed by atoms with van der Waals surface area (Å²) in [5.74, 6) is 0.451. The van der Waals surface area contributed by atoms with Crippen molar-refractivity contribution in [3.05, 3.63) is 76.6 Å². The lowest BCUT2D eigenvalue weighted by Gasteiger charge is -2.40. The van der Waals surface area contributed by atoms with E-state index in [0.717, 1.165) is 48.9 Å². The zero-order valence-electron chi connectivity index (χ0n) is 31.0. The van der Waals surface area contributed by atoms with Crippen molar-refractivity contribution in [3.63, 3.8) is 0 Å². The number of hydrogen-bond donors (Lipinski definition) is 3. The molecule has 284 valence electrons. The Morgan fingerprint density at radius 3 is 2.46 bits per heavy atom. The van der Waals surface area contributed by atoms with Crippen molar-refractivity contribution in [2.45, 2.75) is 76.2 Å². The number of aryl methyl sites for hydroxylation is 1. The minimum Gasteiger partial charge on any atom is -0.493 e. The molecule has 1 saturated heterocycles. The summed E-state index contributed by atoms with van der Waals surface area (Å²) in [4.78, 5) is 49.2. The van der Waals surface area contributed by atoms with E-state index < -0.39 is 11.5 Å². The summed E-state index contributed by atoms with van der Waals surface area (Å²) in [7, 11) is 1.98. The van der Waals surface area contributed by atoms with Crippen molar-refractivity contribution >= 4 is 52.1 Å². The number of hydrazine groups is 1. The molecule has 7 rings (SSSR count). The highest BCUT2D eigenvalue weighted by molar-refractivity contribution is 6.30. The Hall–Kier alpha value is -4.78. The predicted molar refractivity (Wildman–Crippen MR) is 209 cm³/mol. The lowest BCUT2D eigenvalue weighted by atomic mass is 9.75. The number of aromatic nitrogens is 3. The average molecular weight is 754 g/mol. The first-order valence-corrected chi connectivity index (χ1v) is 19.5. The number of nitrogens with zero attached hydrogens (tertiary/aromatic N) is 4. The number of anilines is 1. The van der Waals surface area contributed by atoms with E-state index in [0.29, 0.717) is 65.3 Å². The van der Waals surface area contributed by atoms with E-state index in [1.165, 1.54) is 37.3 Å². The van der Waals surface area contributed by atoms with Crippen LogP contribution in [0.1, 0.15) is 92.1 Å². The molecule has 1 aliphatic heterocycles. The zero-order valence-corrected chi connectivity index (χ0v) is 31.7. The molecular weight excluding hydrogens is 706 g/mol. The molecule has 3 aliphatic rings. The van der Waals surface area contributed by atoms with Crippen LogP contribution in [0.2, 0.25) is 5.02 Å². The van der Waals surface area contributed by atoms with Crippen LogP contribution in [0.5, 0.6) is 5.75 Å². The minimum atomic E-state index is -1.05. The molecule has 2 aliphatic carbocycles. The molecule has 0 radical (unpaired) electrons. The van der Waals surface area contributed by atoms with E-state index in [1.54, 1.807) is 36.7 Å². The van der Waals surface area contributed by atoms with Crippen LogP contribution in [0.3, 0.4) is 0 Å². The molecule has 0 atom stereocenters. The van der Waals surface area contributed by atoms with Crippen molar-refractivity contribution in [2.24, 2.45) is 7.05 Å². The van der Waals surface area contributed by atoms with Crippen LogP contribution in [-0.2, 0) is 21.4 Å². The largest absolute Gasteiger partial charge is 0.493 e. The molecule has 2 amide bonds. The van der Waals surface area contributed by atoms with Crippen molar-refractivity contribution < 1.29 is 23.9 Å². The van der Waals surface area contributed by atoms with E-state index >= 15 is 0 Å². The van der Waals surface area contributed by atoms with Gasteiger partial charge in [-0.05, 0) is 93.7 Å². The number of esters is 1. The maximum Gasteiger partial charge on any atom is 0.330 e. The van der Waals surface area contributed by atoms with Crippen LogP contribution in [-0.4, -0.2) is 75.7 Å². The summed E-state index contributed by atoms with van der Waals surface area (Å²) in [6, 6.07) is 11.0. The minimum absolute atomic E-state index is 0.268. The van der Waals surface area contributed by atoms with Gasteiger partial charge in [0.2, 0.25) is 5.91 Å². The van der Waals surface area contributed by atoms with Gasteiger partial charge in [-0.3, -0.25) is 15.0 Å². The summed E-state index contributed by atoms with van der Waals surface area (Å²) in [5, 5.41) is 9.79. The maximum atomic E-state index is 13.9. The van der Waals surface area contributed by atoms with Crippen molar-refractivity contribution in [3.8, 4) is 17.3 Å². The number of benzene rings is 2. The third kappa shape index (κ3) is 8.15. The predicted octanol–water partition coefficient (Wildman–Crippen LogP) is 6.79. The van der Waals surface area contributed by atoms with Crippen LogP contribution >= 0.6 is 11.6 Å². The smallest absolute Gasteiger partial charge is 0.330 e. The number of ether oxygens (including phenoxy) is 2. The molecule has 0 spiro atoms. The summed E-state index contributed by atoms with van der Waals surface area (Å²) in [6.07, 6.45) is 15.0. The van der Waals surface area contributed by atoms with Crippen LogP contribution in [0.4, 0.5) is 5.69 Å². The van der Waals surface area contributed by atoms with Crippen LogP contribution in [0.25, 0.3) is 28.5 Å². The molecule has 3 fully saturated rings. The van der Waals surface area contributed by atoms with Gasteiger partial charge in [0.15, 0.2) is 5.82 Å². The Morgan fingerprint density at radius 1 is 1.00 bits per heavy atom. The Kier molecular flexibility index (Phi) is 11.6. The van der Waals surface area contributed by atoms with Crippen LogP contribution < -0.4 is 20.8 Å². The quantitative estimate of drug-likeness (QED) is 0.0722. The van der Waals surface area contributed by atoms with E-state index in [9.17, 15) is 14.4 Å². The molecule has 0 bridgehead atoms. The van der Waals surface area contributed by atoms with Gasteiger partial charge in [0.05, 0.1) is 17.3 Å². The lowest BCUT2D eigenvalue weighted by molar-refractivity contribution is -0.137. The van der Waals surface area contributed by atoms with Crippen molar-refractivity contribution in [1.82, 2.24) is 30.3 Å². The van der Waals surface area contributed by atoms with Crippen molar-refractivity contribution in [2.75, 3.05) is 38.2 Å². The third-order valence-corrected chi connectivity index (χ3v) is 11.0. The van der Waals surface area contributed by atoms with Gasteiger partial charge < -0.3 is 24.7 Å². The molecule has 3 heterocycles. The fourth-order valence-electron chi connectivity index (χ4n) is 7.89. The van der Waals surface area contributed by atoms with Gasteiger partial charge in [-0.25, -0.2) is 19.8 Å². The number of halogens is 1. The Labute approximate surface area is 320 Å². The maximum absolute atomic E-state index is 13.9. The van der Waals surface area contributed by atoms with E-state index in [4.69, 9.17) is 21.1 Å². The highest BCUT2D eigenvalue weighted by Crippen LogP contribution is 2.44. The second-order valence-electron chi connectivity index (χ2n) is 14.4. The lowest BCUT2D eigenvalue weighted by Crippen LogP contribution is -2.61. The van der Waals surface area contributed by atoms with E-state index in [2.05, 4.69) is 35.6 Å². The third-order valence-electron chi connectivity index (χ3n) is 10.9. The number of nitrogens with one attached hydrogen (secondary N) is 3. The second kappa shape index (κ2) is 16.7. The van der Waals surface area contributed by atoms with E-state index in [-0.39, 0.29) is 18.4 Å². The zero-order chi connectivity index (χ0) is 37.7. The first-order valence-electron chi connectivity index (χ1n) is 19.1. The van der Waals surface area contributed by atoms with Crippen molar-refractivity contribution in [1.29, 1.82) is 0 Å². The van der Waals surface area contributed by atoms with Gasteiger partial charge in [0.25, 0.3) is 5.91 Å². The topological polar surface area (TPSA) is 140 Å². The molecular formula is C41H48ClN7O5. The molecule has 4 aromatic rings. The Morgan fingerprint density at radius 2 is 1.76 bits per heavy atom. The fourth-order valence-corrected chi connectivity index (χ4v) is 7.98. The molecule has 2 saturated carbocycles. The summed E-state index contributed by atoms with van der Waals surface area (Å²) < 4.78 is 13.3. The second-order valence-corrected chi connectivity index (χ2v) is 14.8. The summed E-state index contributed by atoms with van der Waals surface area (Å²) >= 11 is 6.13.